The molecule has 0 aliphatic carbocycles. The molecule has 2 atom stereocenters. The normalized spacial score (nSPS) is 23.4. The van der Waals surface area contributed by atoms with E-state index in [1.807, 2.05) is 0 Å². The highest BCUT2D eigenvalue weighted by atomic mass is 32.2. The summed E-state index contributed by atoms with van der Waals surface area (Å²) in [5.74, 6) is -1.39. The number of hydrogen-bond donors (Lipinski definition) is 2. The molecule has 0 unspecified atom stereocenters. The van der Waals surface area contributed by atoms with Gasteiger partial charge in [0.1, 0.15) is 22.8 Å². The van der Waals surface area contributed by atoms with Gasteiger partial charge in [0, 0.05) is 12.8 Å². The first-order valence-electron chi connectivity index (χ1n) is 7.00. The van der Waals surface area contributed by atoms with E-state index in [4.69, 9.17) is 0 Å². The van der Waals surface area contributed by atoms with Crippen LogP contribution in [0, 0.1) is 6.92 Å². The van der Waals surface area contributed by atoms with Crippen LogP contribution in [0.3, 0.4) is 0 Å². The fraction of sp³-hybridized carbons (Fsp3) is 0.429. The van der Waals surface area contributed by atoms with E-state index in [1.54, 1.807) is 27.0 Å². The molecule has 3 heterocycles. The standard InChI is InChI=1S/C14H16N4O4S/c1-6-5-23-13-9(12(20)18(13)10(6)14(21)22)15-11(19)8-4-7(2)16-17(8)3/h4,9,13H,5H2,1-3H3,(H,15,19)(H,21,22)/t9-,13-/m0/s1. The number of aliphatic carboxylic acids is 1. The lowest BCUT2D eigenvalue weighted by atomic mass is 10.0. The van der Waals surface area contributed by atoms with Gasteiger partial charge < -0.3 is 10.4 Å². The van der Waals surface area contributed by atoms with Gasteiger partial charge in [-0.25, -0.2) is 4.79 Å². The molecule has 1 fully saturated rings. The topological polar surface area (TPSA) is 105 Å². The Hall–Kier alpha value is -2.29. The zero-order chi connectivity index (χ0) is 16.9. The van der Waals surface area contributed by atoms with Crippen LogP contribution in [0.15, 0.2) is 17.3 Å². The average Bonchev–Trinajstić information content (AvgIpc) is 2.82. The number of rotatable bonds is 3. The number of nitrogens with one attached hydrogen (secondary N) is 1. The molecule has 0 saturated carbocycles. The molecule has 2 aliphatic heterocycles. The number of carboxylic acid groups (broad SMARTS) is 1. The first-order valence-corrected chi connectivity index (χ1v) is 8.05. The Morgan fingerprint density at radius 1 is 1.43 bits per heavy atom. The van der Waals surface area contributed by atoms with Crippen molar-refractivity contribution < 1.29 is 19.5 Å². The molecule has 0 aromatic carbocycles. The smallest absolute Gasteiger partial charge is 0.352 e. The Morgan fingerprint density at radius 3 is 2.70 bits per heavy atom. The maximum absolute atomic E-state index is 12.3. The monoisotopic (exact) mass is 336 g/mol. The van der Waals surface area contributed by atoms with Gasteiger partial charge in [-0.2, -0.15) is 5.10 Å². The zero-order valence-corrected chi connectivity index (χ0v) is 13.7. The fourth-order valence-corrected chi connectivity index (χ4v) is 4.11. The highest BCUT2D eigenvalue weighted by molar-refractivity contribution is 8.00. The molecule has 23 heavy (non-hydrogen) atoms. The number of carbonyl (C=O) groups is 3. The van der Waals surface area contributed by atoms with E-state index >= 15 is 0 Å². The molecule has 2 amide bonds. The average molecular weight is 336 g/mol. The molecule has 2 aliphatic rings. The summed E-state index contributed by atoms with van der Waals surface area (Å²) in [6.45, 7) is 3.47. The SMILES string of the molecule is CC1=C(C(=O)O)N2C(=O)[C@H](NC(=O)c3cc(C)nn3C)[C@@H]2SC1. The van der Waals surface area contributed by atoms with Crippen LogP contribution in [0.4, 0.5) is 0 Å². The van der Waals surface area contributed by atoms with Crippen molar-refractivity contribution in [3.8, 4) is 0 Å². The summed E-state index contributed by atoms with van der Waals surface area (Å²) in [6.07, 6.45) is 0. The summed E-state index contributed by atoms with van der Waals surface area (Å²) in [5, 5.41) is 15.7. The van der Waals surface area contributed by atoms with Gasteiger partial charge in [-0.15, -0.1) is 11.8 Å². The van der Waals surface area contributed by atoms with Gasteiger partial charge in [-0.3, -0.25) is 19.2 Å². The number of fused-ring (bicyclic) bond motifs is 1. The molecule has 8 nitrogen and oxygen atoms in total. The third kappa shape index (κ3) is 2.40. The molecule has 1 saturated heterocycles. The third-order valence-electron chi connectivity index (χ3n) is 3.88. The molecular formula is C14H16N4O4S. The summed E-state index contributed by atoms with van der Waals surface area (Å²) >= 11 is 1.45. The van der Waals surface area contributed by atoms with Crippen molar-refractivity contribution in [1.29, 1.82) is 0 Å². The summed E-state index contributed by atoms with van der Waals surface area (Å²) in [5.41, 5.74) is 1.75. The van der Waals surface area contributed by atoms with Crippen LogP contribution in [0.1, 0.15) is 23.1 Å². The van der Waals surface area contributed by atoms with Crippen LogP contribution in [-0.2, 0) is 16.6 Å². The van der Waals surface area contributed by atoms with Gasteiger partial charge in [-0.05, 0) is 25.5 Å². The summed E-state index contributed by atoms with van der Waals surface area (Å²) in [7, 11) is 1.65. The third-order valence-corrected chi connectivity index (χ3v) is 5.31. The van der Waals surface area contributed by atoms with Crippen molar-refractivity contribution in [2.24, 2.45) is 7.05 Å². The zero-order valence-electron chi connectivity index (χ0n) is 12.9. The van der Waals surface area contributed by atoms with Crippen molar-refractivity contribution in [3.63, 3.8) is 0 Å². The predicted octanol–water partition coefficient (Wildman–Crippen LogP) is 0.101. The van der Waals surface area contributed by atoms with Crippen LogP contribution in [-0.4, -0.2) is 54.7 Å². The Morgan fingerprint density at radius 2 is 2.13 bits per heavy atom. The summed E-state index contributed by atoms with van der Waals surface area (Å²) in [4.78, 5) is 37.2. The van der Waals surface area contributed by atoms with Crippen molar-refractivity contribution in [3.05, 3.63) is 28.7 Å². The Bertz CT molecular complexity index is 754. The van der Waals surface area contributed by atoms with Crippen molar-refractivity contribution in [2.75, 3.05) is 5.75 Å². The molecule has 122 valence electrons. The number of carboxylic acids is 1. The van der Waals surface area contributed by atoms with Gasteiger partial charge in [0.05, 0.1) is 5.69 Å². The number of aryl methyl sites for hydroxylation is 2. The van der Waals surface area contributed by atoms with E-state index in [0.29, 0.717) is 22.7 Å². The highest BCUT2D eigenvalue weighted by Crippen LogP contribution is 2.40. The minimum atomic E-state index is -1.12. The second kappa shape index (κ2) is 5.41. The molecule has 0 bridgehead atoms. The molecule has 9 heteroatoms. The van der Waals surface area contributed by atoms with E-state index in [9.17, 15) is 19.5 Å². The van der Waals surface area contributed by atoms with Crippen LogP contribution in [0.2, 0.25) is 0 Å². The Labute approximate surface area is 136 Å². The fourth-order valence-electron chi connectivity index (χ4n) is 2.81. The van der Waals surface area contributed by atoms with Gasteiger partial charge in [0.2, 0.25) is 0 Å². The number of nitrogens with zero attached hydrogens (tertiary/aromatic N) is 3. The maximum atomic E-state index is 12.3. The minimum Gasteiger partial charge on any atom is -0.477 e. The van der Waals surface area contributed by atoms with Crippen LogP contribution >= 0.6 is 11.8 Å². The van der Waals surface area contributed by atoms with E-state index in [0.717, 1.165) is 0 Å². The largest absolute Gasteiger partial charge is 0.477 e. The first-order chi connectivity index (χ1) is 10.8. The van der Waals surface area contributed by atoms with Crippen molar-refractivity contribution in [2.45, 2.75) is 25.3 Å². The lowest BCUT2D eigenvalue weighted by molar-refractivity contribution is -0.148. The summed E-state index contributed by atoms with van der Waals surface area (Å²) < 4.78 is 1.45. The van der Waals surface area contributed by atoms with E-state index in [-0.39, 0.29) is 11.1 Å². The van der Waals surface area contributed by atoms with Crippen LogP contribution in [0.5, 0.6) is 0 Å². The summed E-state index contributed by atoms with van der Waals surface area (Å²) in [6, 6.07) is 0.918. The van der Waals surface area contributed by atoms with E-state index < -0.39 is 23.8 Å². The van der Waals surface area contributed by atoms with Crippen molar-refractivity contribution in [1.82, 2.24) is 20.0 Å². The molecule has 0 spiro atoms. The number of aromatic nitrogens is 2. The number of amides is 2. The Kier molecular flexibility index (Phi) is 3.67. The van der Waals surface area contributed by atoms with Gasteiger partial charge in [-0.1, -0.05) is 0 Å². The molecule has 1 aromatic heterocycles. The predicted molar refractivity (Wildman–Crippen MR) is 82.6 cm³/mol. The number of carbonyl (C=O) groups excluding carboxylic acids is 2. The number of thioether (sulfide) groups is 1. The van der Waals surface area contributed by atoms with Crippen LogP contribution < -0.4 is 5.32 Å². The first kappa shape index (κ1) is 15.6. The second-order valence-electron chi connectivity index (χ2n) is 5.59. The molecule has 1 aromatic rings. The molecular weight excluding hydrogens is 320 g/mol. The van der Waals surface area contributed by atoms with Gasteiger partial charge in [0.15, 0.2) is 0 Å². The molecule has 3 rings (SSSR count). The van der Waals surface area contributed by atoms with Crippen molar-refractivity contribution >= 4 is 29.5 Å². The van der Waals surface area contributed by atoms with Crippen LogP contribution in [0.25, 0.3) is 0 Å². The Balaban J connectivity index is 1.78. The van der Waals surface area contributed by atoms with Gasteiger partial charge >= 0.3 is 5.97 Å². The minimum absolute atomic E-state index is 0.0284. The van der Waals surface area contributed by atoms with E-state index in [2.05, 4.69) is 10.4 Å². The maximum Gasteiger partial charge on any atom is 0.352 e. The second-order valence-corrected chi connectivity index (χ2v) is 6.69. The lowest BCUT2D eigenvalue weighted by Crippen LogP contribution is -2.70. The van der Waals surface area contributed by atoms with Gasteiger partial charge in [0.25, 0.3) is 11.8 Å². The van der Waals surface area contributed by atoms with E-state index in [1.165, 1.54) is 21.3 Å². The molecule has 0 radical (unpaired) electrons. The number of hydrogen-bond acceptors (Lipinski definition) is 5. The highest BCUT2D eigenvalue weighted by Gasteiger charge is 2.53. The quantitative estimate of drug-likeness (QED) is 0.759. The number of β-lactam (4-membered cyclic amide) rings is 1. The molecule has 2 N–H and O–H groups in total. The lowest BCUT2D eigenvalue weighted by Gasteiger charge is -2.49.